The Morgan fingerprint density at radius 2 is 1.82 bits per heavy atom. The third-order valence-corrected chi connectivity index (χ3v) is 4.33. The zero-order valence-electron chi connectivity index (χ0n) is 14.0. The number of hydrogen-bond donors (Lipinski definition) is 1. The number of guanidine groups is 1. The van der Waals surface area contributed by atoms with E-state index in [9.17, 15) is 0 Å². The quantitative estimate of drug-likeness (QED) is 0.661. The molecule has 1 aromatic heterocycles. The number of nitrogens with zero attached hydrogens (tertiary/aromatic N) is 5. The molecular formula is C16H28N6. The number of piperazine rings is 1. The van der Waals surface area contributed by atoms with Crippen LogP contribution >= 0.6 is 0 Å². The van der Waals surface area contributed by atoms with Gasteiger partial charge in [0.2, 0.25) is 5.95 Å². The van der Waals surface area contributed by atoms with Crippen molar-refractivity contribution >= 4 is 11.9 Å². The number of rotatable bonds is 5. The van der Waals surface area contributed by atoms with Crippen molar-refractivity contribution in [3.63, 3.8) is 0 Å². The van der Waals surface area contributed by atoms with Crippen LogP contribution in [-0.2, 0) is 0 Å². The molecule has 0 unspecified atom stereocenters. The molecular weight excluding hydrogens is 276 g/mol. The topological polar surface area (TPSA) is 56.7 Å². The van der Waals surface area contributed by atoms with Crippen molar-refractivity contribution in [2.75, 3.05) is 44.7 Å². The molecule has 0 saturated carbocycles. The average molecular weight is 304 g/mol. The minimum absolute atomic E-state index is 0.718. The largest absolute Gasteiger partial charge is 0.356 e. The molecule has 1 aliphatic heterocycles. The van der Waals surface area contributed by atoms with Gasteiger partial charge in [-0.25, -0.2) is 9.97 Å². The summed E-state index contributed by atoms with van der Waals surface area (Å²) in [6.45, 7) is 9.24. The molecule has 2 heterocycles. The molecule has 1 aromatic rings. The number of aliphatic imine (C=N–C) groups is 1. The van der Waals surface area contributed by atoms with E-state index in [1.165, 1.54) is 12.8 Å². The Balaban J connectivity index is 1.84. The number of aromatic nitrogens is 2. The van der Waals surface area contributed by atoms with E-state index in [0.29, 0.717) is 0 Å². The normalized spacial score (nSPS) is 16.3. The molecule has 0 amide bonds. The van der Waals surface area contributed by atoms with Gasteiger partial charge in [0.25, 0.3) is 0 Å². The van der Waals surface area contributed by atoms with Crippen molar-refractivity contribution in [2.45, 2.75) is 26.7 Å². The lowest BCUT2D eigenvalue weighted by molar-refractivity contribution is 0.363. The van der Waals surface area contributed by atoms with Crippen LogP contribution in [0.2, 0.25) is 0 Å². The molecule has 0 radical (unpaired) electrons. The highest BCUT2D eigenvalue weighted by atomic mass is 15.4. The monoisotopic (exact) mass is 304 g/mol. The molecule has 1 aliphatic rings. The second kappa shape index (κ2) is 8.56. The molecule has 1 saturated heterocycles. The fourth-order valence-electron chi connectivity index (χ4n) is 2.72. The molecule has 0 spiro atoms. The minimum Gasteiger partial charge on any atom is -0.356 e. The minimum atomic E-state index is 0.718. The molecule has 22 heavy (non-hydrogen) atoms. The lowest BCUT2D eigenvalue weighted by Crippen LogP contribution is -2.53. The third kappa shape index (κ3) is 4.32. The summed E-state index contributed by atoms with van der Waals surface area (Å²) >= 11 is 0. The smallest absolute Gasteiger partial charge is 0.225 e. The van der Waals surface area contributed by atoms with E-state index in [1.807, 2.05) is 13.1 Å². The summed E-state index contributed by atoms with van der Waals surface area (Å²) in [5, 5.41) is 3.52. The van der Waals surface area contributed by atoms with E-state index in [1.54, 1.807) is 12.4 Å². The van der Waals surface area contributed by atoms with Gasteiger partial charge in [-0.3, -0.25) is 4.99 Å². The Hall–Kier alpha value is -1.85. The van der Waals surface area contributed by atoms with Gasteiger partial charge in [-0.05, 0) is 12.0 Å². The highest BCUT2D eigenvalue weighted by Gasteiger charge is 2.21. The fourth-order valence-corrected chi connectivity index (χ4v) is 2.72. The summed E-state index contributed by atoms with van der Waals surface area (Å²) in [5.74, 6) is 2.55. The van der Waals surface area contributed by atoms with Crippen molar-refractivity contribution in [3.8, 4) is 0 Å². The van der Waals surface area contributed by atoms with E-state index >= 15 is 0 Å². The molecule has 2 rings (SSSR count). The first kappa shape index (κ1) is 16.5. The number of anilines is 1. The Kier molecular flexibility index (Phi) is 6.43. The SMILES string of the molecule is CCC(CC)CNC(=NC)N1CCN(c2ncccn2)CC1. The maximum absolute atomic E-state index is 4.43. The van der Waals surface area contributed by atoms with Gasteiger partial charge in [-0.1, -0.05) is 26.7 Å². The molecule has 1 fully saturated rings. The fraction of sp³-hybridized carbons (Fsp3) is 0.688. The zero-order chi connectivity index (χ0) is 15.8. The summed E-state index contributed by atoms with van der Waals surface area (Å²) in [5.41, 5.74) is 0. The number of hydrogen-bond acceptors (Lipinski definition) is 4. The van der Waals surface area contributed by atoms with E-state index in [-0.39, 0.29) is 0 Å². The van der Waals surface area contributed by atoms with Gasteiger partial charge in [-0.2, -0.15) is 0 Å². The predicted molar refractivity (Wildman–Crippen MR) is 91.3 cm³/mol. The predicted octanol–water partition coefficient (Wildman–Crippen LogP) is 1.61. The third-order valence-electron chi connectivity index (χ3n) is 4.33. The summed E-state index contributed by atoms with van der Waals surface area (Å²) in [6.07, 6.45) is 6.01. The van der Waals surface area contributed by atoms with Crippen molar-refractivity contribution in [3.05, 3.63) is 18.5 Å². The first-order valence-corrected chi connectivity index (χ1v) is 8.26. The Bertz CT molecular complexity index is 449. The zero-order valence-corrected chi connectivity index (χ0v) is 14.0. The van der Waals surface area contributed by atoms with Crippen molar-refractivity contribution in [2.24, 2.45) is 10.9 Å². The van der Waals surface area contributed by atoms with Crippen LogP contribution in [0.4, 0.5) is 5.95 Å². The Morgan fingerprint density at radius 3 is 2.36 bits per heavy atom. The van der Waals surface area contributed by atoms with Crippen LogP contribution in [0.3, 0.4) is 0 Å². The van der Waals surface area contributed by atoms with Crippen LogP contribution in [0, 0.1) is 5.92 Å². The van der Waals surface area contributed by atoms with Crippen LogP contribution in [0.25, 0.3) is 0 Å². The molecule has 0 bridgehead atoms. The highest BCUT2D eigenvalue weighted by Crippen LogP contribution is 2.10. The van der Waals surface area contributed by atoms with Gasteiger partial charge < -0.3 is 15.1 Å². The standard InChI is InChI=1S/C16H28N6/c1-4-14(5-2)13-20-15(17-3)21-9-11-22(12-10-21)16-18-7-6-8-19-16/h6-8,14H,4-5,9-13H2,1-3H3,(H,17,20). The van der Waals surface area contributed by atoms with Gasteiger partial charge in [-0.15, -0.1) is 0 Å². The first-order chi connectivity index (χ1) is 10.8. The van der Waals surface area contributed by atoms with Gasteiger partial charge >= 0.3 is 0 Å². The maximum atomic E-state index is 4.43. The van der Waals surface area contributed by atoms with Crippen LogP contribution in [0.15, 0.2) is 23.5 Å². The highest BCUT2D eigenvalue weighted by molar-refractivity contribution is 5.80. The van der Waals surface area contributed by atoms with E-state index in [4.69, 9.17) is 0 Å². The summed E-state index contributed by atoms with van der Waals surface area (Å²) < 4.78 is 0. The molecule has 0 atom stereocenters. The van der Waals surface area contributed by atoms with Crippen LogP contribution in [0.5, 0.6) is 0 Å². The summed E-state index contributed by atoms with van der Waals surface area (Å²) in [4.78, 5) is 17.6. The molecule has 1 N–H and O–H groups in total. The lowest BCUT2D eigenvalue weighted by atomic mass is 10.0. The lowest BCUT2D eigenvalue weighted by Gasteiger charge is -2.36. The van der Waals surface area contributed by atoms with E-state index in [0.717, 1.165) is 50.5 Å². The second-order valence-electron chi connectivity index (χ2n) is 5.63. The van der Waals surface area contributed by atoms with Crippen LogP contribution in [-0.4, -0.2) is 60.6 Å². The summed E-state index contributed by atoms with van der Waals surface area (Å²) in [6, 6.07) is 1.85. The molecule has 122 valence electrons. The van der Waals surface area contributed by atoms with Crippen LogP contribution in [0.1, 0.15) is 26.7 Å². The van der Waals surface area contributed by atoms with Gasteiger partial charge in [0.15, 0.2) is 5.96 Å². The van der Waals surface area contributed by atoms with E-state index < -0.39 is 0 Å². The molecule has 0 aromatic carbocycles. The van der Waals surface area contributed by atoms with Crippen molar-refractivity contribution in [1.82, 2.24) is 20.2 Å². The average Bonchev–Trinajstić information content (AvgIpc) is 2.60. The maximum Gasteiger partial charge on any atom is 0.225 e. The molecule has 0 aliphatic carbocycles. The first-order valence-electron chi connectivity index (χ1n) is 8.26. The number of nitrogens with one attached hydrogen (secondary N) is 1. The van der Waals surface area contributed by atoms with Gasteiger partial charge in [0, 0.05) is 52.2 Å². The van der Waals surface area contributed by atoms with Gasteiger partial charge in [0.05, 0.1) is 0 Å². The van der Waals surface area contributed by atoms with Crippen LogP contribution < -0.4 is 10.2 Å². The molecule has 6 nitrogen and oxygen atoms in total. The Labute approximate surface area is 133 Å². The van der Waals surface area contributed by atoms with Crippen molar-refractivity contribution in [1.29, 1.82) is 0 Å². The van der Waals surface area contributed by atoms with Gasteiger partial charge in [0.1, 0.15) is 0 Å². The van der Waals surface area contributed by atoms with Crippen molar-refractivity contribution < 1.29 is 0 Å². The second-order valence-corrected chi connectivity index (χ2v) is 5.63. The van der Waals surface area contributed by atoms with E-state index in [2.05, 4.69) is 43.9 Å². The molecule has 6 heteroatoms. The summed E-state index contributed by atoms with van der Waals surface area (Å²) in [7, 11) is 1.86. The Morgan fingerprint density at radius 1 is 1.18 bits per heavy atom.